The van der Waals surface area contributed by atoms with E-state index in [0.29, 0.717) is 12.2 Å². The summed E-state index contributed by atoms with van der Waals surface area (Å²) >= 11 is 2.26. The Hall–Kier alpha value is -3.10. The van der Waals surface area contributed by atoms with E-state index in [9.17, 15) is 9.90 Å². The van der Waals surface area contributed by atoms with Gasteiger partial charge >= 0.3 is 0 Å². The van der Waals surface area contributed by atoms with E-state index in [0.717, 1.165) is 55.7 Å². The van der Waals surface area contributed by atoms with Crippen molar-refractivity contribution in [1.82, 2.24) is 9.97 Å². The average molecular weight is 561 g/mol. The first kappa shape index (κ1) is 22.7. The van der Waals surface area contributed by atoms with Gasteiger partial charge in [0.15, 0.2) is 5.82 Å². The highest BCUT2D eigenvalue weighted by molar-refractivity contribution is 14.1. The van der Waals surface area contributed by atoms with Crippen LogP contribution >= 0.6 is 22.6 Å². The summed E-state index contributed by atoms with van der Waals surface area (Å²) in [5.41, 5.74) is 7.71. The first-order valence-electron chi connectivity index (χ1n) is 11.3. The van der Waals surface area contributed by atoms with Crippen LogP contribution in [0.25, 0.3) is 11.3 Å². The van der Waals surface area contributed by atoms with Crippen molar-refractivity contribution in [3.63, 3.8) is 0 Å². The Kier molecular flexibility index (Phi) is 6.69. The van der Waals surface area contributed by atoms with E-state index in [1.807, 2.05) is 60.7 Å². The third kappa shape index (κ3) is 5.03. The molecule has 0 fully saturated rings. The summed E-state index contributed by atoms with van der Waals surface area (Å²) in [5, 5.41) is 12.6. The summed E-state index contributed by atoms with van der Waals surface area (Å²) in [6, 6.07) is 24.1. The fourth-order valence-corrected chi connectivity index (χ4v) is 4.67. The first-order valence-corrected chi connectivity index (χ1v) is 12.4. The zero-order chi connectivity index (χ0) is 23.5. The Morgan fingerprint density at radius 1 is 0.912 bits per heavy atom. The van der Waals surface area contributed by atoms with Crippen LogP contribution < -0.4 is 5.32 Å². The van der Waals surface area contributed by atoms with Gasteiger partial charge in [0, 0.05) is 15.6 Å². The minimum atomic E-state index is -0.103. The maximum atomic E-state index is 12.9. The lowest BCUT2D eigenvalue weighted by atomic mass is 9.90. The van der Waals surface area contributed by atoms with Gasteiger partial charge in [-0.3, -0.25) is 4.79 Å². The van der Waals surface area contributed by atoms with Gasteiger partial charge in [-0.1, -0.05) is 60.7 Å². The van der Waals surface area contributed by atoms with Gasteiger partial charge in [-0.05, 0) is 69.8 Å². The lowest BCUT2D eigenvalue weighted by Gasteiger charge is -2.21. The van der Waals surface area contributed by atoms with Crippen molar-refractivity contribution in [1.29, 1.82) is 0 Å². The molecule has 6 heteroatoms. The topological polar surface area (TPSA) is 75.1 Å². The van der Waals surface area contributed by atoms with Crippen LogP contribution in [0.5, 0.6) is 0 Å². The molecule has 5 nitrogen and oxygen atoms in total. The maximum Gasteiger partial charge on any atom is 0.229 e. The highest BCUT2D eigenvalue weighted by Gasteiger charge is 2.23. The number of halogens is 1. The van der Waals surface area contributed by atoms with Crippen molar-refractivity contribution in [3.05, 3.63) is 110 Å². The number of nitrogens with zero attached hydrogens (tertiary/aromatic N) is 2. The van der Waals surface area contributed by atoms with E-state index in [-0.39, 0.29) is 18.9 Å². The molecule has 1 aliphatic carbocycles. The molecule has 0 radical (unpaired) electrons. The van der Waals surface area contributed by atoms with Crippen molar-refractivity contribution in [2.75, 3.05) is 5.32 Å². The third-order valence-corrected chi connectivity index (χ3v) is 6.75. The number of amides is 1. The zero-order valence-electron chi connectivity index (χ0n) is 18.6. The predicted molar refractivity (Wildman–Crippen MR) is 142 cm³/mol. The molecular formula is C28H24IN3O2. The van der Waals surface area contributed by atoms with Gasteiger partial charge in [-0.25, -0.2) is 9.97 Å². The molecule has 5 rings (SSSR count). The number of nitrogens with one attached hydrogen (secondary N) is 1. The number of benzene rings is 3. The fourth-order valence-electron chi connectivity index (χ4n) is 4.31. The molecule has 0 saturated heterocycles. The number of aromatic nitrogens is 2. The molecular weight excluding hydrogens is 537 g/mol. The highest BCUT2D eigenvalue weighted by atomic mass is 127. The molecule has 3 aromatic carbocycles. The molecule has 170 valence electrons. The van der Waals surface area contributed by atoms with E-state index in [4.69, 9.17) is 9.97 Å². The van der Waals surface area contributed by atoms with Crippen molar-refractivity contribution in [2.24, 2.45) is 0 Å². The van der Waals surface area contributed by atoms with E-state index >= 15 is 0 Å². The van der Waals surface area contributed by atoms with Crippen LogP contribution in [0.1, 0.15) is 33.6 Å². The molecule has 1 amide bonds. The van der Waals surface area contributed by atoms with Gasteiger partial charge in [0.2, 0.25) is 5.91 Å². The van der Waals surface area contributed by atoms with Gasteiger partial charge in [0.25, 0.3) is 0 Å². The molecule has 0 saturated carbocycles. The zero-order valence-corrected chi connectivity index (χ0v) is 20.7. The van der Waals surface area contributed by atoms with Gasteiger partial charge < -0.3 is 10.4 Å². The lowest BCUT2D eigenvalue weighted by molar-refractivity contribution is -0.115. The maximum absolute atomic E-state index is 12.9. The standard InChI is InChI=1S/C28H24IN3O2/c29-22-10-6-19(7-11-22)16-26(34)32-28-25(15-18-4-2-1-3-5-18)30-27-23-12-8-20(17-33)14-21(23)9-13-24(27)31-28/h1-8,10-12,14,33H,9,13,15-17H2,(H,31,32,34). The molecule has 2 N–H and O–H groups in total. The summed E-state index contributed by atoms with van der Waals surface area (Å²) in [5.74, 6) is 0.433. The minimum Gasteiger partial charge on any atom is -0.392 e. The molecule has 0 bridgehead atoms. The van der Waals surface area contributed by atoms with Crippen LogP contribution in [0, 0.1) is 3.57 Å². The van der Waals surface area contributed by atoms with E-state index in [1.54, 1.807) is 0 Å². The summed E-state index contributed by atoms with van der Waals surface area (Å²) in [7, 11) is 0. The summed E-state index contributed by atoms with van der Waals surface area (Å²) in [6.45, 7) is 0.0244. The SMILES string of the molecule is O=C(Cc1ccc(I)cc1)Nc1nc2c(nc1Cc1ccccc1)-c1ccc(CO)cc1CC2. The normalized spacial score (nSPS) is 12.1. The number of aliphatic hydroxyl groups is 1. The lowest BCUT2D eigenvalue weighted by Crippen LogP contribution is -2.20. The Morgan fingerprint density at radius 2 is 1.68 bits per heavy atom. The number of aryl methyl sites for hydroxylation is 2. The summed E-state index contributed by atoms with van der Waals surface area (Å²) < 4.78 is 1.14. The largest absolute Gasteiger partial charge is 0.392 e. The summed E-state index contributed by atoms with van der Waals surface area (Å²) in [4.78, 5) is 22.8. The smallest absolute Gasteiger partial charge is 0.229 e. The molecule has 34 heavy (non-hydrogen) atoms. The van der Waals surface area contributed by atoms with E-state index in [1.165, 1.54) is 5.56 Å². The van der Waals surface area contributed by atoms with Gasteiger partial charge in [0.05, 0.1) is 30.1 Å². The van der Waals surface area contributed by atoms with Crippen LogP contribution in [0.2, 0.25) is 0 Å². The molecule has 0 unspecified atom stereocenters. The van der Waals surface area contributed by atoms with Crippen molar-refractivity contribution >= 4 is 34.3 Å². The van der Waals surface area contributed by atoms with Crippen LogP contribution in [0.3, 0.4) is 0 Å². The average Bonchev–Trinajstić information content (AvgIpc) is 2.86. The van der Waals surface area contributed by atoms with Crippen LogP contribution in [-0.4, -0.2) is 21.0 Å². The van der Waals surface area contributed by atoms with Gasteiger partial charge in [0.1, 0.15) is 0 Å². The number of anilines is 1. The Labute approximate surface area is 212 Å². The number of hydrogen-bond donors (Lipinski definition) is 2. The second kappa shape index (κ2) is 10.0. The molecule has 1 aromatic heterocycles. The van der Waals surface area contributed by atoms with E-state index < -0.39 is 0 Å². The number of carbonyl (C=O) groups is 1. The Balaban J connectivity index is 1.50. The number of hydrogen-bond acceptors (Lipinski definition) is 4. The monoisotopic (exact) mass is 561 g/mol. The first-order chi connectivity index (χ1) is 16.6. The van der Waals surface area contributed by atoms with Gasteiger partial charge in [-0.15, -0.1) is 0 Å². The van der Waals surface area contributed by atoms with Crippen molar-refractivity contribution in [2.45, 2.75) is 32.3 Å². The molecule has 0 spiro atoms. The quantitative estimate of drug-likeness (QED) is 0.321. The predicted octanol–water partition coefficient (Wildman–Crippen LogP) is 5.11. The van der Waals surface area contributed by atoms with Crippen LogP contribution in [0.15, 0.2) is 72.8 Å². The summed E-state index contributed by atoms with van der Waals surface area (Å²) in [6.07, 6.45) is 2.44. The number of rotatable bonds is 6. The Bertz CT molecular complexity index is 1340. The number of aliphatic hydroxyl groups excluding tert-OH is 1. The molecule has 4 aromatic rings. The minimum absolute atomic E-state index is 0.0244. The Morgan fingerprint density at radius 3 is 2.44 bits per heavy atom. The van der Waals surface area contributed by atoms with Crippen molar-refractivity contribution in [3.8, 4) is 11.3 Å². The molecule has 1 heterocycles. The van der Waals surface area contributed by atoms with E-state index in [2.05, 4.69) is 40.0 Å². The third-order valence-electron chi connectivity index (χ3n) is 6.03. The number of carbonyl (C=O) groups excluding carboxylic acids is 1. The second-order valence-corrected chi connectivity index (χ2v) is 9.72. The second-order valence-electron chi connectivity index (χ2n) is 8.48. The van der Waals surface area contributed by atoms with Crippen LogP contribution in [-0.2, 0) is 37.1 Å². The molecule has 0 aliphatic heterocycles. The molecule has 0 atom stereocenters. The van der Waals surface area contributed by atoms with Gasteiger partial charge in [-0.2, -0.15) is 0 Å². The highest BCUT2D eigenvalue weighted by Crippen LogP contribution is 2.34. The fraction of sp³-hybridized carbons (Fsp3) is 0.179. The van der Waals surface area contributed by atoms with Crippen LogP contribution in [0.4, 0.5) is 5.82 Å². The molecule has 1 aliphatic rings. The number of fused-ring (bicyclic) bond motifs is 3. The van der Waals surface area contributed by atoms with Crippen molar-refractivity contribution < 1.29 is 9.90 Å².